The highest BCUT2D eigenvalue weighted by atomic mass is 19.1. The van der Waals surface area contributed by atoms with Crippen molar-refractivity contribution in [3.8, 4) is 5.75 Å². The third-order valence-corrected chi connectivity index (χ3v) is 4.42. The third kappa shape index (κ3) is 4.04. The maximum Gasteiger partial charge on any atom is 0.241 e. The summed E-state index contributed by atoms with van der Waals surface area (Å²) in [5, 5.41) is 2.73. The van der Waals surface area contributed by atoms with Gasteiger partial charge in [-0.3, -0.25) is 4.79 Å². The van der Waals surface area contributed by atoms with E-state index in [1.165, 1.54) is 6.07 Å². The minimum atomic E-state index is -0.709. The molecule has 26 heavy (non-hydrogen) atoms. The van der Waals surface area contributed by atoms with Gasteiger partial charge < -0.3 is 19.9 Å². The molecule has 0 radical (unpaired) electrons. The largest absolute Gasteiger partial charge is 0.495 e. The van der Waals surface area contributed by atoms with Crippen molar-refractivity contribution in [2.24, 2.45) is 0 Å². The predicted octanol–water partition coefficient (Wildman–Crippen LogP) is 2.73. The van der Waals surface area contributed by atoms with Crippen LogP contribution < -0.4 is 15.0 Å². The fourth-order valence-corrected chi connectivity index (χ4v) is 3.00. The van der Waals surface area contributed by atoms with Gasteiger partial charge in [-0.15, -0.1) is 0 Å². The molecule has 2 aromatic rings. The summed E-state index contributed by atoms with van der Waals surface area (Å²) in [7, 11) is 1.64. The molecule has 0 spiro atoms. The molecule has 1 aliphatic rings. The Morgan fingerprint density at radius 3 is 2.54 bits per heavy atom. The van der Waals surface area contributed by atoms with Gasteiger partial charge in [-0.1, -0.05) is 12.1 Å². The molecule has 3 rings (SSSR count). The first-order chi connectivity index (χ1) is 12.6. The van der Waals surface area contributed by atoms with E-state index in [1.54, 1.807) is 12.0 Å². The summed E-state index contributed by atoms with van der Waals surface area (Å²) in [5.74, 6) is -0.667. The van der Waals surface area contributed by atoms with Crippen LogP contribution in [0.1, 0.15) is 0 Å². The molecular formula is C19H21F2N3O2. The number of nitrogens with one attached hydrogen (secondary N) is 1. The number of rotatable bonds is 5. The van der Waals surface area contributed by atoms with Crippen molar-refractivity contribution < 1.29 is 18.3 Å². The van der Waals surface area contributed by atoms with Gasteiger partial charge in [0.15, 0.2) is 0 Å². The molecule has 0 atom stereocenters. The molecule has 0 unspecified atom stereocenters. The lowest BCUT2D eigenvalue weighted by Gasteiger charge is -2.36. The molecule has 0 aliphatic carbocycles. The average molecular weight is 361 g/mol. The molecule has 1 heterocycles. The minimum Gasteiger partial charge on any atom is -0.495 e. The second-order valence-corrected chi connectivity index (χ2v) is 6.02. The van der Waals surface area contributed by atoms with E-state index in [4.69, 9.17) is 4.74 Å². The number of amides is 1. The van der Waals surface area contributed by atoms with Crippen LogP contribution in [0, 0.1) is 11.6 Å². The van der Waals surface area contributed by atoms with Gasteiger partial charge in [0.2, 0.25) is 5.91 Å². The summed E-state index contributed by atoms with van der Waals surface area (Å²) in [6, 6.07) is 11.0. The molecule has 0 aromatic heterocycles. The first kappa shape index (κ1) is 18.0. The van der Waals surface area contributed by atoms with E-state index in [-0.39, 0.29) is 18.1 Å². The van der Waals surface area contributed by atoms with Crippen LogP contribution in [0.2, 0.25) is 0 Å². The van der Waals surface area contributed by atoms with Gasteiger partial charge in [0.1, 0.15) is 17.4 Å². The second kappa shape index (κ2) is 8.03. The number of hydrogen-bond acceptors (Lipinski definition) is 4. The first-order valence-electron chi connectivity index (χ1n) is 8.43. The lowest BCUT2D eigenvalue weighted by molar-refractivity contribution is -0.129. The molecule has 2 aromatic carbocycles. The highest BCUT2D eigenvalue weighted by Gasteiger charge is 2.22. The first-order valence-corrected chi connectivity index (χ1v) is 8.43. The number of hydrogen-bond donors (Lipinski definition) is 1. The van der Waals surface area contributed by atoms with Gasteiger partial charge >= 0.3 is 0 Å². The van der Waals surface area contributed by atoms with Crippen LogP contribution in [-0.4, -0.2) is 50.6 Å². The molecule has 138 valence electrons. The molecule has 1 N–H and O–H groups in total. The molecule has 1 aliphatic heterocycles. The highest BCUT2D eigenvalue weighted by Crippen LogP contribution is 2.28. The number of carbonyl (C=O) groups is 1. The van der Waals surface area contributed by atoms with Gasteiger partial charge in [0.05, 0.1) is 25.0 Å². The Balaban J connectivity index is 1.53. The van der Waals surface area contributed by atoms with Gasteiger partial charge in [0, 0.05) is 32.2 Å². The van der Waals surface area contributed by atoms with Crippen molar-refractivity contribution in [1.29, 1.82) is 0 Å². The normalized spacial score (nSPS) is 14.3. The van der Waals surface area contributed by atoms with Crippen LogP contribution in [0.25, 0.3) is 0 Å². The molecule has 1 fully saturated rings. The van der Waals surface area contributed by atoms with Gasteiger partial charge in [-0.25, -0.2) is 8.78 Å². The number of methoxy groups -OCH3 is 1. The molecule has 1 saturated heterocycles. The number of halogens is 2. The van der Waals surface area contributed by atoms with Crippen LogP contribution in [0.3, 0.4) is 0 Å². The van der Waals surface area contributed by atoms with Gasteiger partial charge in [-0.2, -0.15) is 0 Å². The van der Waals surface area contributed by atoms with Crippen molar-refractivity contribution in [3.05, 3.63) is 54.1 Å². The van der Waals surface area contributed by atoms with Crippen molar-refractivity contribution in [1.82, 2.24) is 4.90 Å². The monoisotopic (exact) mass is 361 g/mol. The number of para-hydroxylation sites is 2. The Morgan fingerprint density at radius 2 is 1.85 bits per heavy atom. The number of benzene rings is 2. The third-order valence-electron chi connectivity index (χ3n) is 4.42. The molecule has 0 bridgehead atoms. The predicted molar refractivity (Wildman–Crippen MR) is 96.6 cm³/mol. The zero-order valence-corrected chi connectivity index (χ0v) is 14.5. The van der Waals surface area contributed by atoms with E-state index in [2.05, 4.69) is 10.2 Å². The van der Waals surface area contributed by atoms with Crippen molar-refractivity contribution in [3.63, 3.8) is 0 Å². The molecule has 5 nitrogen and oxygen atoms in total. The highest BCUT2D eigenvalue weighted by molar-refractivity contribution is 5.81. The standard InChI is InChI=1S/C19H21F2N3O2/c1-26-18-5-3-2-4-17(18)23-8-10-24(11-9-23)19(25)13-22-16-7-6-14(20)12-15(16)21/h2-7,12,22H,8-11,13H2,1H3. The van der Waals surface area contributed by atoms with Crippen molar-refractivity contribution >= 4 is 17.3 Å². The van der Waals surface area contributed by atoms with E-state index in [9.17, 15) is 13.6 Å². The van der Waals surface area contributed by atoms with Crippen LogP contribution >= 0.6 is 0 Å². The van der Waals surface area contributed by atoms with E-state index in [0.717, 1.165) is 23.6 Å². The van der Waals surface area contributed by atoms with Gasteiger partial charge in [-0.05, 0) is 24.3 Å². The topological polar surface area (TPSA) is 44.8 Å². The number of ether oxygens (including phenoxy) is 1. The summed E-state index contributed by atoms with van der Waals surface area (Å²) in [6.45, 7) is 2.50. The summed E-state index contributed by atoms with van der Waals surface area (Å²) in [6.07, 6.45) is 0. The second-order valence-electron chi connectivity index (χ2n) is 6.02. The summed E-state index contributed by atoms with van der Waals surface area (Å²) < 4.78 is 31.9. The van der Waals surface area contributed by atoms with E-state index >= 15 is 0 Å². The maximum atomic E-state index is 13.6. The Bertz CT molecular complexity index is 777. The van der Waals surface area contributed by atoms with Crippen LogP contribution in [0.4, 0.5) is 20.2 Å². The average Bonchev–Trinajstić information content (AvgIpc) is 2.67. The number of nitrogens with zero attached hydrogens (tertiary/aromatic N) is 2. The van der Waals surface area contributed by atoms with Crippen molar-refractivity contribution in [2.75, 3.05) is 50.1 Å². The fraction of sp³-hybridized carbons (Fsp3) is 0.316. The van der Waals surface area contributed by atoms with Crippen LogP contribution in [0.15, 0.2) is 42.5 Å². The number of anilines is 2. The Morgan fingerprint density at radius 1 is 1.12 bits per heavy atom. The molecule has 1 amide bonds. The molecule has 7 heteroatoms. The lowest BCUT2D eigenvalue weighted by Crippen LogP contribution is -2.50. The van der Waals surface area contributed by atoms with Crippen LogP contribution in [0.5, 0.6) is 5.75 Å². The lowest BCUT2D eigenvalue weighted by atomic mass is 10.2. The number of piperazine rings is 1. The SMILES string of the molecule is COc1ccccc1N1CCN(C(=O)CNc2ccc(F)cc2F)CC1. The zero-order chi connectivity index (χ0) is 18.5. The van der Waals surface area contributed by atoms with Crippen molar-refractivity contribution in [2.45, 2.75) is 0 Å². The van der Waals surface area contributed by atoms with E-state index in [0.29, 0.717) is 26.2 Å². The quantitative estimate of drug-likeness (QED) is 0.890. The molecular weight excluding hydrogens is 340 g/mol. The Kier molecular flexibility index (Phi) is 5.55. The van der Waals surface area contributed by atoms with Gasteiger partial charge in [0.25, 0.3) is 0 Å². The summed E-state index contributed by atoms with van der Waals surface area (Å²) in [5.41, 5.74) is 1.13. The Labute approximate surface area is 151 Å². The minimum absolute atomic E-state index is 0.0305. The van der Waals surface area contributed by atoms with E-state index < -0.39 is 11.6 Å². The van der Waals surface area contributed by atoms with E-state index in [1.807, 2.05) is 24.3 Å². The molecule has 0 saturated carbocycles. The Hall–Kier alpha value is -2.83. The number of carbonyl (C=O) groups excluding carboxylic acids is 1. The fourth-order valence-electron chi connectivity index (χ4n) is 3.00. The summed E-state index contributed by atoms with van der Waals surface area (Å²) in [4.78, 5) is 16.3. The maximum absolute atomic E-state index is 13.6. The zero-order valence-electron chi connectivity index (χ0n) is 14.5. The van der Waals surface area contributed by atoms with Crippen LogP contribution in [-0.2, 0) is 4.79 Å². The summed E-state index contributed by atoms with van der Waals surface area (Å²) >= 11 is 0. The smallest absolute Gasteiger partial charge is 0.241 e.